The van der Waals surface area contributed by atoms with Gasteiger partial charge in [-0.1, -0.05) is 11.6 Å². The van der Waals surface area contributed by atoms with E-state index in [0.29, 0.717) is 0 Å². The van der Waals surface area contributed by atoms with Crippen LogP contribution >= 0.6 is 0 Å². The van der Waals surface area contributed by atoms with Crippen molar-refractivity contribution in [2.75, 3.05) is 5.73 Å². The Morgan fingerprint density at radius 3 is 2.15 bits per heavy atom. The summed E-state index contributed by atoms with van der Waals surface area (Å²) in [5, 5.41) is 0. The van der Waals surface area contributed by atoms with Crippen LogP contribution in [-0.4, -0.2) is 18.5 Å². The molecule has 0 aromatic heterocycles. The molecule has 1 aromatic rings. The third kappa shape index (κ3) is 5.40. The van der Waals surface area contributed by atoms with Crippen LogP contribution in [0.25, 0.3) is 0 Å². The maximum Gasteiger partial charge on any atom is 1.00 e. The molecule has 3 nitrogen and oxygen atoms in total. The Hall–Kier alpha value is -0.0187. The van der Waals surface area contributed by atoms with Crippen molar-refractivity contribution in [2.45, 2.75) is 33.3 Å². The molecule has 0 aliphatic heterocycles. The van der Waals surface area contributed by atoms with Crippen LogP contribution in [0.2, 0.25) is 0 Å². The van der Waals surface area contributed by atoms with Crippen LogP contribution in [0.3, 0.4) is 0 Å². The summed E-state index contributed by atoms with van der Waals surface area (Å²) < 4.78 is 43.7. The van der Waals surface area contributed by atoms with E-state index in [2.05, 4.69) is 0 Å². The molecular weight excluding hydrogens is 297 g/mol. The van der Waals surface area contributed by atoms with E-state index in [0.717, 1.165) is 6.07 Å². The van der Waals surface area contributed by atoms with E-state index in [1.807, 2.05) is 0 Å². The number of benzene rings is 1. The summed E-state index contributed by atoms with van der Waals surface area (Å²) >= 11 is 0. The maximum atomic E-state index is 12.9. The van der Waals surface area contributed by atoms with Gasteiger partial charge in [-0.05, 0) is 33.8 Å². The Bertz CT molecular complexity index is 513. The summed E-state index contributed by atoms with van der Waals surface area (Å²) in [6.07, 6.45) is 0. The van der Waals surface area contributed by atoms with Gasteiger partial charge in [-0.3, -0.25) is 0 Å². The Morgan fingerprint density at radius 2 is 1.75 bits per heavy atom. The molecule has 20 heavy (non-hydrogen) atoms. The number of halogens is 3. The number of esters is 1. The summed E-state index contributed by atoms with van der Waals surface area (Å²) in [6, 6.07) is 2.04. The van der Waals surface area contributed by atoms with Crippen molar-refractivity contribution in [3.8, 4) is 0 Å². The molecule has 0 atom stereocenters. The molecule has 0 spiro atoms. The van der Waals surface area contributed by atoms with Gasteiger partial charge in [-0.25, -0.2) is 4.79 Å². The summed E-state index contributed by atoms with van der Waals surface area (Å²) in [5.41, 5.74) is 3.37. The van der Waals surface area contributed by atoms with Crippen molar-refractivity contribution in [1.82, 2.24) is 0 Å². The fourth-order valence-electron chi connectivity index (χ4n) is 1.64. The number of carbonyl (C=O) groups is 1. The summed E-state index contributed by atoms with van der Waals surface area (Å²) in [5.74, 6) is -0.807. The molecular formula is C12H16BF3KNO2. The number of hydrogen-bond acceptors (Lipinski definition) is 3. The van der Waals surface area contributed by atoms with Crippen LogP contribution in [0, 0.1) is 6.92 Å². The van der Waals surface area contributed by atoms with Crippen molar-refractivity contribution >= 4 is 24.1 Å². The van der Waals surface area contributed by atoms with Crippen molar-refractivity contribution in [3.63, 3.8) is 0 Å². The molecule has 1 aromatic carbocycles. The van der Waals surface area contributed by atoms with Crippen LogP contribution in [0.4, 0.5) is 18.6 Å². The zero-order valence-corrected chi connectivity index (χ0v) is 15.4. The summed E-state index contributed by atoms with van der Waals surface area (Å²) in [6.45, 7) is 0.937. The summed E-state index contributed by atoms with van der Waals surface area (Å²) in [7, 11) is 0. The fourth-order valence-corrected chi connectivity index (χ4v) is 1.64. The number of carbonyl (C=O) groups excluding carboxylic acids is 1. The van der Waals surface area contributed by atoms with Crippen LogP contribution in [-0.2, 0) is 4.74 Å². The van der Waals surface area contributed by atoms with E-state index in [1.165, 1.54) is 13.0 Å². The first-order valence-electron chi connectivity index (χ1n) is 5.75. The van der Waals surface area contributed by atoms with Gasteiger partial charge in [-0.2, -0.15) is 0 Å². The van der Waals surface area contributed by atoms with Crippen molar-refractivity contribution in [3.05, 3.63) is 23.3 Å². The van der Waals surface area contributed by atoms with Gasteiger partial charge >= 0.3 is 64.3 Å². The Labute approximate surface area is 158 Å². The number of hydrogen-bond donors (Lipinski definition) is 1. The largest absolute Gasteiger partial charge is 1.00 e. The average Bonchev–Trinajstić information content (AvgIpc) is 2.16. The smallest absolute Gasteiger partial charge is 0.456 e. The first-order valence-corrected chi connectivity index (χ1v) is 5.75. The first kappa shape index (κ1) is 20.0. The molecule has 0 bridgehead atoms. The average molecular weight is 313 g/mol. The molecule has 0 amide bonds. The second kappa shape index (κ2) is 6.83. The zero-order valence-electron chi connectivity index (χ0n) is 12.3. The minimum absolute atomic E-state index is 0. The van der Waals surface area contributed by atoms with E-state index < -0.39 is 24.0 Å². The van der Waals surface area contributed by atoms with E-state index in [1.54, 1.807) is 20.8 Å². The first-order chi connectivity index (χ1) is 8.42. The van der Waals surface area contributed by atoms with Crippen molar-refractivity contribution < 1.29 is 73.9 Å². The van der Waals surface area contributed by atoms with Crippen LogP contribution < -0.4 is 62.6 Å². The van der Waals surface area contributed by atoms with E-state index in [-0.39, 0.29) is 68.2 Å². The van der Waals surface area contributed by atoms with E-state index >= 15 is 0 Å². The van der Waals surface area contributed by atoms with Gasteiger partial charge in [0.05, 0.1) is 5.56 Å². The predicted octanol–water partition coefficient (Wildman–Crippen LogP) is -0.409. The number of anilines is 1. The van der Waals surface area contributed by atoms with Gasteiger partial charge in [0, 0.05) is 5.69 Å². The molecule has 2 N–H and O–H groups in total. The van der Waals surface area contributed by atoms with Crippen LogP contribution in [0.1, 0.15) is 36.7 Å². The Balaban J connectivity index is 0.00000361. The molecule has 106 valence electrons. The number of nitrogen functional groups attached to an aromatic ring is 1. The molecule has 0 aliphatic carbocycles. The van der Waals surface area contributed by atoms with Crippen LogP contribution in [0.5, 0.6) is 0 Å². The van der Waals surface area contributed by atoms with Gasteiger partial charge < -0.3 is 23.4 Å². The molecule has 0 fully saturated rings. The van der Waals surface area contributed by atoms with Crippen molar-refractivity contribution in [2.24, 2.45) is 0 Å². The minimum atomic E-state index is -5.22. The normalized spacial score (nSPS) is 11.8. The molecule has 8 heteroatoms. The molecule has 0 unspecified atom stereocenters. The Kier molecular flexibility index (Phi) is 6.82. The fraction of sp³-hybridized carbons (Fsp3) is 0.417. The third-order valence-electron chi connectivity index (χ3n) is 2.44. The molecule has 0 saturated heterocycles. The van der Waals surface area contributed by atoms with Gasteiger partial charge in [0.2, 0.25) is 0 Å². The van der Waals surface area contributed by atoms with Crippen LogP contribution in [0.15, 0.2) is 12.1 Å². The molecule has 0 radical (unpaired) electrons. The molecule has 0 saturated carbocycles. The number of ether oxygens (including phenoxy) is 1. The molecule has 0 heterocycles. The SMILES string of the molecule is Cc1c(C(=O)OC(C)(C)C)cc(N)cc1[B-](F)(F)F.[K+]. The van der Waals surface area contributed by atoms with Gasteiger partial charge in [0.1, 0.15) is 5.60 Å². The molecule has 0 aliphatic rings. The number of rotatable bonds is 2. The summed E-state index contributed by atoms with van der Waals surface area (Å²) in [4.78, 5) is 11.9. The number of nitrogens with two attached hydrogens (primary N) is 1. The predicted molar refractivity (Wildman–Crippen MR) is 69.5 cm³/mol. The van der Waals surface area contributed by atoms with Gasteiger partial charge in [0.15, 0.2) is 0 Å². The zero-order chi connectivity index (χ0) is 15.0. The minimum Gasteiger partial charge on any atom is -0.456 e. The van der Waals surface area contributed by atoms with E-state index in [9.17, 15) is 17.7 Å². The molecule has 1 rings (SSSR count). The quantitative estimate of drug-likeness (QED) is 0.459. The van der Waals surface area contributed by atoms with Crippen molar-refractivity contribution in [1.29, 1.82) is 0 Å². The van der Waals surface area contributed by atoms with Gasteiger partial charge in [-0.15, -0.1) is 5.46 Å². The third-order valence-corrected chi connectivity index (χ3v) is 2.44. The monoisotopic (exact) mass is 313 g/mol. The van der Waals surface area contributed by atoms with Gasteiger partial charge in [0.25, 0.3) is 0 Å². The maximum absolute atomic E-state index is 12.9. The second-order valence-corrected chi connectivity index (χ2v) is 5.36. The second-order valence-electron chi connectivity index (χ2n) is 5.36. The van der Waals surface area contributed by atoms with E-state index in [4.69, 9.17) is 10.5 Å². The standard InChI is InChI=1S/C12H16BF3NO2.K/c1-7-9(11(18)19-12(2,3)4)5-8(17)6-10(7)13(14,15)16;/h5-6H,17H2,1-4H3;/q-1;+1. The topological polar surface area (TPSA) is 52.3 Å². The Morgan fingerprint density at radius 1 is 1.25 bits per heavy atom.